The molecule has 0 spiro atoms. The highest BCUT2D eigenvalue weighted by molar-refractivity contribution is 5.28. The van der Waals surface area contributed by atoms with Crippen LogP contribution in [0, 0.1) is 0 Å². The molecule has 0 radical (unpaired) electrons. The summed E-state index contributed by atoms with van der Waals surface area (Å²) in [6.45, 7) is 9.78. The molecule has 2 N–H and O–H groups in total. The minimum Gasteiger partial charge on any atom is -0.402 e. The Bertz CT molecular complexity index is 139. The van der Waals surface area contributed by atoms with Crippen LogP contribution in [0.25, 0.3) is 0 Å². The summed E-state index contributed by atoms with van der Waals surface area (Å²) in [6.07, 6.45) is 0.984. The van der Waals surface area contributed by atoms with Gasteiger partial charge in [-0.15, -0.1) is 0 Å². The second-order valence-electron chi connectivity index (χ2n) is 2.30. The van der Waals surface area contributed by atoms with Crippen molar-refractivity contribution >= 4 is 0 Å². The van der Waals surface area contributed by atoms with Gasteiger partial charge in [0.05, 0.1) is 0 Å². The minimum absolute atomic E-state index is 0.894. The third kappa shape index (κ3) is 2.36. The van der Waals surface area contributed by atoms with E-state index in [1.54, 1.807) is 0 Å². The molecule has 0 aromatic rings. The molecule has 9 heavy (non-hydrogen) atoms. The van der Waals surface area contributed by atoms with Crippen LogP contribution in [-0.2, 0) is 0 Å². The Morgan fingerprint density at radius 3 is 1.89 bits per heavy atom. The molecule has 0 aliphatic carbocycles. The second-order valence-corrected chi connectivity index (χ2v) is 2.30. The van der Waals surface area contributed by atoms with Crippen molar-refractivity contribution in [2.45, 2.75) is 27.2 Å². The third-order valence-electron chi connectivity index (χ3n) is 1.34. The standard InChI is InChI=1S/C8H15N/c1-5-8(6(2)3)7(4)9/h2,5,9H2,1,3-4H3/b8-7+. The van der Waals surface area contributed by atoms with E-state index in [1.165, 1.54) is 5.57 Å². The maximum Gasteiger partial charge on any atom is 0.00837 e. The van der Waals surface area contributed by atoms with Gasteiger partial charge in [0, 0.05) is 5.70 Å². The molecule has 0 amide bonds. The molecule has 0 rings (SSSR count). The Morgan fingerprint density at radius 2 is 1.89 bits per heavy atom. The lowest BCUT2D eigenvalue weighted by molar-refractivity contribution is 1.05. The first-order valence-corrected chi connectivity index (χ1v) is 3.20. The van der Waals surface area contributed by atoms with E-state index in [4.69, 9.17) is 5.73 Å². The van der Waals surface area contributed by atoms with Crippen molar-refractivity contribution in [1.29, 1.82) is 0 Å². The second kappa shape index (κ2) is 3.33. The van der Waals surface area contributed by atoms with E-state index in [-0.39, 0.29) is 0 Å². The fourth-order valence-corrected chi connectivity index (χ4v) is 0.917. The van der Waals surface area contributed by atoms with Crippen molar-refractivity contribution in [3.8, 4) is 0 Å². The lowest BCUT2D eigenvalue weighted by Crippen LogP contribution is -1.97. The predicted octanol–water partition coefficient (Wildman–Crippen LogP) is 2.21. The van der Waals surface area contributed by atoms with Crippen LogP contribution >= 0.6 is 0 Å². The lowest BCUT2D eigenvalue weighted by Gasteiger charge is -2.04. The van der Waals surface area contributed by atoms with E-state index in [9.17, 15) is 0 Å². The summed E-state index contributed by atoms with van der Waals surface area (Å²) in [5.74, 6) is 0. The van der Waals surface area contributed by atoms with E-state index in [1.807, 2.05) is 13.8 Å². The van der Waals surface area contributed by atoms with Crippen molar-refractivity contribution in [2.75, 3.05) is 0 Å². The van der Waals surface area contributed by atoms with Crippen LogP contribution in [0.1, 0.15) is 27.2 Å². The van der Waals surface area contributed by atoms with Gasteiger partial charge in [0.1, 0.15) is 0 Å². The molecule has 52 valence electrons. The third-order valence-corrected chi connectivity index (χ3v) is 1.34. The smallest absolute Gasteiger partial charge is 0.00837 e. The van der Waals surface area contributed by atoms with Crippen molar-refractivity contribution in [3.05, 3.63) is 23.4 Å². The van der Waals surface area contributed by atoms with Gasteiger partial charge in [0.25, 0.3) is 0 Å². The predicted molar refractivity (Wildman–Crippen MR) is 42.0 cm³/mol. The average Bonchev–Trinajstić information content (AvgIpc) is 1.64. The fraction of sp³-hybridized carbons (Fsp3) is 0.500. The van der Waals surface area contributed by atoms with Gasteiger partial charge in [-0.2, -0.15) is 0 Å². The topological polar surface area (TPSA) is 26.0 Å². The molecule has 1 heteroatoms. The zero-order valence-electron chi connectivity index (χ0n) is 6.49. The fourth-order valence-electron chi connectivity index (χ4n) is 0.917. The lowest BCUT2D eigenvalue weighted by atomic mass is 10.1. The van der Waals surface area contributed by atoms with Gasteiger partial charge in [-0.05, 0) is 25.8 Å². The van der Waals surface area contributed by atoms with Crippen molar-refractivity contribution < 1.29 is 0 Å². The summed E-state index contributed by atoms with van der Waals surface area (Å²) in [6, 6.07) is 0. The van der Waals surface area contributed by atoms with Crippen LogP contribution in [0.2, 0.25) is 0 Å². The average molecular weight is 125 g/mol. The molecule has 1 nitrogen and oxygen atoms in total. The van der Waals surface area contributed by atoms with Gasteiger partial charge in [-0.3, -0.25) is 0 Å². The first kappa shape index (κ1) is 8.28. The van der Waals surface area contributed by atoms with Crippen molar-refractivity contribution in [2.24, 2.45) is 5.73 Å². The quantitative estimate of drug-likeness (QED) is 0.562. The maximum atomic E-state index is 5.57. The van der Waals surface area contributed by atoms with Gasteiger partial charge in [-0.25, -0.2) is 0 Å². The normalized spacial score (nSPS) is 12.8. The first-order chi connectivity index (χ1) is 4.09. The molecule has 0 heterocycles. The summed E-state index contributed by atoms with van der Waals surface area (Å²) in [5.41, 5.74) is 8.73. The highest BCUT2D eigenvalue weighted by Gasteiger charge is 1.95. The molecule has 0 aliphatic heterocycles. The molecule has 0 atom stereocenters. The first-order valence-electron chi connectivity index (χ1n) is 3.20. The zero-order valence-corrected chi connectivity index (χ0v) is 6.49. The molecule has 0 aromatic carbocycles. The van der Waals surface area contributed by atoms with Gasteiger partial charge in [0.2, 0.25) is 0 Å². The van der Waals surface area contributed by atoms with Crippen LogP contribution < -0.4 is 5.73 Å². The van der Waals surface area contributed by atoms with Crippen molar-refractivity contribution in [1.82, 2.24) is 0 Å². The summed E-state index contributed by atoms with van der Waals surface area (Å²) in [5, 5.41) is 0. The SMILES string of the molecule is C=C(C)/C(CC)=C(\C)N. The van der Waals surface area contributed by atoms with Gasteiger partial charge in [-0.1, -0.05) is 19.1 Å². The molecule has 0 aliphatic rings. The number of rotatable bonds is 2. The summed E-state index contributed by atoms with van der Waals surface area (Å²) < 4.78 is 0. The summed E-state index contributed by atoms with van der Waals surface area (Å²) in [4.78, 5) is 0. The Labute approximate surface area is 57.3 Å². The summed E-state index contributed by atoms with van der Waals surface area (Å²) >= 11 is 0. The monoisotopic (exact) mass is 125 g/mol. The molecule has 0 aromatic heterocycles. The van der Waals surface area contributed by atoms with Crippen LogP contribution in [-0.4, -0.2) is 0 Å². The summed E-state index contributed by atoms with van der Waals surface area (Å²) in [7, 11) is 0. The van der Waals surface area contributed by atoms with E-state index in [2.05, 4.69) is 13.5 Å². The Balaban J connectivity index is 4.35. The van der Waals surface area contributed by atoms with E-state index >= 15 is 0 Å². The number of nitrogens with two attached hydrogens (primary N) is 1. The van der Waals surface area contributed by atoms with Crippen LogP contribution in [0.3, 0.4) is 0 Å². The van der Waals surface area contributed by atoms with E-state index < -0.39 is 0 Å². The van der Waals surface area contributed by atoms with Crippen LogP contribution in [0.5, 0.6) is 0 Å². The highest BCUT2D eigenvalue weighted by Crippen LogP contribution is 2.12. The molecule has 0 bridgehead atoms. The van der Waals surface area contributed by atoms with E-state index in [0.29, 0.717) is 0 Å². The van der Waals surface area contributed by atoms with Gasteiger partial charge < -0.3 is 5.73 Å². The molecule has 0 saturated heterocycles. The molecular formula is C8H15N. The number of hydrogen-bond acceptors (Lipinski definition) is 1. The molecular weight excluding hydrogens is 110 g/mol. The zero-order chi connectivity index (χ0) is 7.44. The number of allylic oxidation sites excluding steroid dienone is 3. The molecule has 0 saturated carbocycles. The highest BCUT2D eigenvalue weighted by atomic mass is 14.6. The van der Waals surface area contributed by atoms with Gasteiger partial charge in [0.15, 0.2) is 0 Å². The van der Waals surface area contributed by atoms with Gasteiger partial charge >= 0.3 is 0 Å². The Morgan fingerprint density at radius 1 is 1.44 bits per heavy atom. The van der Waals surface area contributed by atoms with E-state index in [0.717, 1.165) is 17.7 Å². The van der Waals surface area contributed by atoms with Crippen molar-refractivity contribution in [3.63, 3.8) is 0 Å². The molecule has 0 unspecified atom stereocenters. The minimum atomic E-state index is 0.894. The molecule has 0 fully saturated rings. The number of hydrogen-bond donors (Lipinski definition) is 1. The van der Waals surface area contributed by atoms with Crippen LogP contribution in [0.4, 0.5) is 0 Å². The van der Waals surface area contributed by atoms with Crippen LogP contribution in [0.15, 0.2) is 23.4 Å². The maximum absolute atomic E-state index is 5.57. The largest absolute Gasteiger partial charge is 0.402 e. The Hall–Kier alpha value is -0.720. The Kier molecular flexibility index (Phi) is 3.07.